The number of aromatic carboxylic acids is 1. The number of hydrogen-bond donors (Lipinski definition) is 3. The van der Waals surface area contributed by atoms with Crippen LogP contribution in [0, 0.1) is 5.41 Å². The molecule has 3 N–H and O–H groups in total. The van der Waals surface area contributed by atoms with E-state index in [4.69, 9.17) is 10.1 Å². The molecule has 0 saturated carbocycles. The monoisotopic (exact) mass is 710 g/mol. The van der Waals surface area contributed by atoms with Crippen LogP contribution in [0.2, 0.25) is 0 Å². The number of nitrogens with zero attached hydrogens (tertiary/aromatic N) is 5. The van der Waals surface area contributed by atoms with E-state index in [9.17, 15) is 14.7 Å². The summed E-state index contributed by atoms with van der Waals surface area (Å²) >= 11 is 2.82. The normalized spacial score (nSPS) is 12.9. The van der Waals surface area contributed by atoms with Crippen molar-refractivity contribution in [3.63, 3.8) is 0 Å². The SMILES string of the molecule is CCC[N+](C)=CN(C)C(=N)c1ccc(OCCCc2sc(N3CCc4cccc(C(=O)Nc5nc6ccccc6s5)c4C3)nc2C(=O)O)cc1. The zero-order valence-corrected chi connectivity index (χ0v) is 29.9. The van der Waals surface area contributed by atoms with Crippen molar-refractivity contribution in [2.45, 2.75) is 39.2 Å². The van der Waals surface area contributed by atoms with E-state index >= 15 is 0 Å². The number of carboxylic acid groups (broad SMARTS) is 1. The molecule has 0 bridgehead atoms. The van der Waals surface area contributed by atoms with Gasteiger partial charge in [0.05, 0.1) is 37.5 Å². The molecule has 0 aliphatic carbocycles. The number of para-hydroxylation sites is 1. The number of fused-ring (bicyclic) bond motifs is 2. The first-order valence-electron chi connectivity index (χ1n) is 16.6. The Kier molecular flexibility index (Phi) is 10.8. The summed E-state index contributed by atoms with van der Waals surface area (Å²) in [6.07, 6.45) is 4.78. The van der Waals surface area contributed by atoms with Gasteiger partial charge in [-0.1, -0.05) is 42.5 Å². The van der Waals surface area contributed by atoms with Crippen molar-refractivity contribution in [2.24, 2.45) is 0 Å². The Balaban J connectivity index is 1.07. The minimum Gasteiger partial charge on any atom is -0.494 e. The van der Waals surface area contributed by atoms with Crippen LogP contribution in [0.25, 0.3) is 10.2 Å². The van der Waals surface area contributed by atoms with Gasteiger partial charge in [-0.05, 0) is 79.3 Å². The van der Waals surface area contributed by atoms with Crippen molar-refractivity contribution in [2.75, 3.05) is 44.0 Å². The third-order valence-corrected chi connectivity index (χ3v) is 10.6. The average Bonchev–Trinajstić information content (AvgIpc) is 3.74. The van der Waals surface area contributed by atoms with Crippen LogP contribution in [-0.2, 0) is 19.4 Å². The molecule has 50 heavy (non-hydrogen) atoms. The highest BCUT2D eigenvalue weighted by Crippen LogP contribution is 2.33. The van der Waals surface area contributed by atoms with E-state index in [2.05, 4.69) is 31.7 Å². The Hall–Kier alpha value is -5.14. The average molecular weight is 711 g/mol. The van der Waals surface area contributed by atoms with Crippen molar-refractivity contribution < 1.29 is 24.0 Å². The number of amidine groups is 1. The van der Waals surface area contributed by atoms with Crippen molar-refractivity contribution >= 4 is 67.2 Å². The minimum absolute atomic E-state index is 0.0611. The maximum Gasteiger partial charge on any atom is 0.355 e. The Morgan fingerprint density at radius 3 is 2.66 bits per heavy atom. The van der Waals surface area contributed by atoms with Gasteiger partial charge in [0.15, 0.2) is 16.0 Å². The van der Waals surface area contributed by atoms with Gasteiger partial charge in [-0.15, -0.1) is 11.3 Å². The highest BCUT2D eigenvalue weighted by Gasteiger charge is 2.27. The number of benzene rings is 3. The van der Waals surface area contributed by atoms with E-state index in [1.807, 2.05) is 87.2 Å². The van der Waals surface area contributed by atoms with Crippen molar-refractivity contribution in [1.82, 2.24) is 14.9 Å². The number of hydrogen-bond acceptors (Lipinski definition) is 9. The lowest BCUT2D eigenvalue weighted by atomic mass is 9.94. The van der Waals surface area contributed by atoms with Crippen LogP contribution in [0.15, 0.2) is 66.7 Å². The number of carbonyl (C=O) groups excluding carboxylic acids is 1. The van der Waals surface area contributed by atoms with E-state index in [-0.39, 0.29) is 11.6 Å². The number of ether oxygens (including phenoxy) is 1. The second kappa shape index (κ2) is 15.6. The Bertz CT molecular complexity index is 2020. The molecular formula is C37H40N7O4S2+. The van der Waals surface area contributed by atoms with Gasteiger partial charge >= 0.3 is 5.97 Å². The maximum atomic E-state index is 13.5. The molecule has 3 heterocycles. The quantitative estimate of drug-likeness (QED) is 0.0538. The summed E-state index contributed by atoms with van der Waals surface area (Å²) in [5.41, 5.74) is 4.27. The topological polar surface area (TPSA) is 135 Å². The summed E-state index contributed by atoms with van der Waals surface area (Å²) in [4.78, 5) is 39.3. The van der Waals surface area contributed by atoms with Gasteiger partial charge in [0.1, 0.15) is 5.75 Å². The van der Waals surface area contributed by atoms with Crippen LogP contribution in [0.3, 0.4) is 0 Å². The zero-order chi connectivity index (χ0) is 35.2. The second-order valence-corrected chi connectivity index (χ2v) is 14.3. The van der Waals surface area contributed by atoms with E-state index in [0.29, 0.717) is 71.2 Å². The molecule has 3 aromatic carbocycles. The van der Waals surface area contributed by atoms with Gasteiger partial charge in [-0.2, -0.15) is 0 Å². The molecule has 11 nitrogen and oxygen atoms in total. The first-order chi connectivity index (χ1) is 24.2. The van der Waals surface area contributed by atoms with Gasteiger partial charge in [-0.3, -0.25) is 20.1 Å². The summed E-state index contributed by atoms with van der Waals surface area (Å²) in [6.45, 7) is 4.56. The van der Waals surface area contributed by atoms with Gasteiger partial charge in [0.2, 0.25) is 12.2 Å². The molecule has 1 aliphatic rings. The van der Waals surface area contributed by atoms with Gasteiger partial charge in [0.25, 0.3) is 5.91 Å². The molecule has 0 spiro atoms. The number of aromatic nitrogens is 2. The fourth-order valence-electron chi connectivity index (χ4n) is 5.96. The summed E-state index contributed by atoms with van der Waals surface area (Å²) in [6, 6.07) is 21.0. The van der Waals surface area contributed by atoms with Crippen molar-refractivity contribution in [3.8, 4) is 5.75 Å². The predicted octanol–water partition coefficient (Wildman–Crippen LogP) is 6.62. The number of anilines is 2. The van der Waals surface area contributed by atoms with Gasteiger partial charge < -0.3 is 14.7 Å². The largest absolute Gasteiger partial charge is 0.494 e. The van der Waals surface area contributed by atoms with Crippen LogP contribution in [-0.4, -0.2) is 82.4 Å². The number of thiazole rings is 2. The van der Waals surface area contributed by atoms with Crippen LogP contribution in [0.4, 0.5) is 10.3 Å². The van der Waals surface area contributed by atoms with Crippen molar-refractivity contribution in [1.29, 1.82) is 5.41 Å². The van der Waals surface area contributed by atoms with E-state index in [0.717, 1.165) is 39.9 Å². The Morgan fingerprint density at radius 1 is 1.10 bits per heavy atom. The molecule has 6 rings (SSSR count). The Labute approximate surface area is 299 Å². The van der Waals surface area contributed by atoms with Crippen molar-refractivity contribution in [3.05, 3.63) is 99.6 Å². The number of aryl methyl sites for hydroxylation is 1. The molecule has 0 fully saturated rings. The molecule has 0 unspecified atom stereocenters. The molecule has 2 aromatic heterocycles. The highest BCUT2D eigenvalue weighted by atomic mass is 32.1. The molecule has 13 heteroatoms. The van der Waals surface area contributed by atoms with E-state index < -0.39 is 5.97 Å². The molecule has 258 valence electrons. The maximum absolute atomic E-state index is 13.5. The number of carboxylic acids is 1. The molecule has 1 amide bonds. The molecule has 0 saturated heterocycles. The molecule has 5 aromatic rings. The predicted molar refractivity (Wildman–Crippen MR) is 200 cm³/mol. The van der Waals surface area contributed by atoms with Crippen LogP contribution < -0.4 is 15.0 Å². The summed E-state index contributed by atoms with van der Waals surface area (Å²) < 4.78 is 9.02. The van der Waals surface area contributed by atoms with E-state index in [1.165, 1.54) is 22.7 Å². The summed E-state index contributed by atoms with van der Waals surface area (Å²) in [5, 5.41) is 22.6. The lowest BCUT2D eigenvalue weighted by molar-refractivity contribution is -0.496. The summed E-state index contributed by atoms with van der Waals surface area (Å²) in [5.74, 6) is -0.196. The third-order valence-electron chi connectivity index (χ3n) is 8.44. The van der Waals surface area contributed by atoms with Crippen LogP contribution >= 0.6 is 22.7 Å². The van der Waals surface area contributed by atoms with Crippen LogP contribution in [0.1, 0.15) is 62.2 Å². The van der Waals surface area contributed by atoms with Gasteiger partial charge in [-0.25, -0.2) is 19.7 Å². The third kappa shape index (κ3) is 8.01. The number of carbonyl (C=O) groups is 2. The number of rotatable bonds is 13. The van der Waals surface area contributed by atoms with Gasteiger partial charge in [0, 0.05) is 29.1 Å². The second-order valence-electron chi connectivity index (χ2n) is 12.2. The zero-order valence-electron chi connectivity index (χ0n) is 28.3. The molecule has 0 atom stereocenters. The Morgan fingerprint density at radius 2 is 1.90 bits per heavy atom. The van der Waals surface area contributed by atoms with E-state index in [1.54, 1.807) is 4.90 Å². The fourth-order valence-corrected chi connectivity index (χ4v) is 7.94. The number of amides is 1. The minimum atomic E-state index is -1.06. The standard InChI is InChI=1S/C37H39N7O4S2/c1-4-19-42(2)23-43(3)33(38)25-14-16-26(17-15-25)48-21-8-13-31-32(35(46)47)40-37(50-31)44-20-18-24-9-7-10-27(28(24)22-44)34(45)41-36-39-29-11-5-6-12-30(29)49-36/h5-7,9-12,14-17,23,38H,4,8,13,18-22H2,1-3H3,(H-,39,41,45,46,47)/p+1. The molecule has 1 aliphatic heterocycles. The summed E-state index contributed by atoms with van der Waals surface area (Å²) in [7, 11) is 3.86. The highest BCUT2D eigenvalue weighted by molar-refractivity contribution is 7.22. The fraction of sp³-hybridized carbons (Fsp3) is 0.297. The first kappa shape index (κ1) is 34.7. The lowest BCUT2D eigenvalue weighted by Crippen LogP contribution is -2.32. The lowest BCUT2D eigenvalue weighted by Gasteiger charge is -2.29. The first-order valence-corrected chi connectivity index (χ1v) is 18.2. The molecular weight excluding hydrogens is 671 g/mol. The number of nitrogens with one attached hydrogen (secondary N) is 2. The van der Waals surface area contributed by atoms with Crippen LogP contribution in [0.5, 0.6) is 5.75 Å². The smallest absolute Gasteiger partial charge is 0.355 e. The molecule has 0 radical (unpaired) electrons.